The number of phenolic OH excluding ortho intramolecular Hbond substituents is 2. The van der Waals surface area contributed by atoms with Gasteiger partial charge in [-0.3, -0.25) is 9.80 Å². The number of ether oxygens (including phenoxy) is 3. The maximum atomic E-state index is 11.1. The van der Waals surface area contributed by atoms with E-state index in [-0.39, 0.29) is 23.6 Å². The zero-order valence-corrected chi connectivity index (χ0v) is 23.2. The molecule has 208 valence electrons. The Morgan fingerprint density at radius 2 is 1.32 bits per heavy atom. The van der Waals surface area contributed by atoms with E-state index in [1.807, 2.05) is 30.3 Å². The van der Waals surface area contributed by atoms with Gasteiger partial charge < -0.3 is 24.4 Å². The van der Waals surface area contributed by atoms with Crippen molar-refractivity contribution in [3.05, 3.63) is 94.0 Å². The van der Waals surface area contributed by atoms with Crippen molar-refractivity contribution in [3.63, 3.8) is 0 Å². The van der Waals surface area contributed by atoms with E-state index >= 15 is 0 Å². The quantitative estimate of drug-likeness (QED) is 0.225. The van der Waals surface area contributed by atoms with Crippen molar-refractivity contribution in [2.45, 2.75) is 37.8 Å². The fourth-order valence-electron chi connectivity index (χ4n) is 6.91. The lowest BCUT2D eigenvalue weighted by atomic mass is 9.86. The number of fused-ring (bicyclic) bond motifs is 2. The Morgan fingerprint density at radius 3 is 2.15 bits per heavy atom. The minimum atomic E-state index is -0.0229. The van der Waals surface area contributed by atoms with Crippen LogP contribution in [0.5, 0.6) is 46.0 Å². The molecule has 5 aliphatic rings. The lowest BCUT2D eigenvalue weighted by molar-refractivity contribution is 0.218. The number of rotatable bonds is 0. The highest BCUT2D eigenvalue weighted by atomic mass is 16.6. The molecule has 5 heterocycles. The van der Waals surface area contributed by atoms with Gasteiger partial charge in [0.25, 0.3) is 0 Å². The Hall–Kier alpha value is -4.20. The molecule has 0 aromatic heterocycles. The van der Waals surface area contributed by atoms with E-state index in [0.717, 1.165) is 49.0 Å². The van der Waals surface area contributed by atoms with Crippen LogP contribution in [-0.4, -0.2) is 47.2 Å². The SMILES string of the molecule is CN1CCc2cc3c4cc2C1Cc1ccc(cc1)Oc1cc(ccc1O)CC1c2c(cc(O)c(c2O4)O3)CCN1C. The molecule has 0 amide bonds. The van der Waals surface area contributed by atoms with Crippen LogP contribution in [0.25, 0.3) is 0 Å². The summed E-state index contributed by atoms with van der Waals surface area (Å²) in [6.45, 7) is 1.79. The Bertz CT molecular complexity index is 1700. The average molecular weight is 549 g/mol. The van der Waals surface area contributed by atoms with Gasteiger partial charge in [-0.1, -0.05) is 18.2 Å². The molecule has 7 bridgehead atoms. The zero-order valence-electron chi connectivity index (χ0n) is 23.2. The molecule has 9 rings (SSSR count). The lowest BCUT2D eigenvalue weighted by Crippen LogP contribution is -2.34. The summed E-state index contributed by atoms with van der Waals surface area (Å²) in [5.74, 6) is 3.63. The molecular formula is C34H32N2O5. The van der Waals surface area contributed by atoms with Crippen LogP contribution in [-0.2, 0) is 25.7 Å². The lowest BCUT2D eigenvalue weighted by Gasteiger charge is -2.38. The van der Waals surface area contributed by atoms with Gasteiger partial charge in [0.05, 0.1) is 0 Å². The summed E-state index contributed by atoms with van der Waals surface area (Å²) in [6, 6.07) is 19.9. The first-order valence-corrected chi connectivity index (χ1v) is 14.3. The third-order valence-corrected chi connectivity index (χ3v) is 9.23. The van der Waals surface area contributed by atoms with E-state index < -0.39 is 0 Å². The van der Waals surface area contributed by atoms with E-state index in [1.54, 1.807) is 6.07 Å². The number of hydrogen-bond donors (Lipinski definition) is 2. The molecule has 4 aromatic rings. The summed E-state index contributed by atoms with van der Waals surface area (Å²) in [4.78, 5) is 4.72. The normalized spacial score (nSPS) is 20.9. The smallest absolute Gasteiger partial charge is 0.212 e. The molecule has 2 unspecified atom stereocenters. The molecule has 0 aliphatic carbocycles. The highest BCUT2D eigenvalue weighted by molar-refractivity contribution is 5.67. The third-order valence-electron chi connectivity index (χ3n) is 9.23. The van der Waals surface area contributed by atoms with Gasteiger partial charge in [-0.25, -0.2) is 0 Å². The van der Waals surface area contributed by atoms with Crippen molar-refractivity contribution in [1.82, 2.24) is 9.80 Å². The molecule has 2 atom stereocenters. The average Bonchev–Trinajstić information content (AvgIpc) is 2.97. The summed E-state index contributed by atoms with van der Waals surface area (Å²) in [5, 5.41) is 21.7. The topological polar surface area (TPSA) is 74.6 Å². The van der Waals surface area contributed by atoms with Gasteiger partial charge in [-0.05, 0) is 110 Å². The predicted octanol–water partition coefficient (Wildman–Crippen LogP) is 6.64. The van der Waals surface area contributed by atoms with Crippen molar-refractivity contribution in [2.24, 2.45) is 0 Å². The molecule has 2 N–H and O–H groups in total. The minimum Gasteiger partial charge on any atom is -0.504 e. The molecule has 4 aromatic carbocycles. The summed E-state index contributed by atoms with van der Waals surface area (Å²) >= 11 is 0. The van der Waals surface area contributed by atoms with E-state index in [0.29, 0.717) is 40.9 Å². The van der Waals surface area contributed by atoms with Crippen LogP contribution in [0.4, 0.5) is 0 Å². The van der Waals surface area contributed by atoms with Crippen molar-refractivity contribution < 1.29 is 24.4 Å². The number of benzene rings is 4. The van der Waals surface area contributed by atoms with Crippen molar-refractivity contribution in [2.75, 3.05) is 27.2 Å². The molecular weight excluding hydrogens is 516 g/mol. The van der Waals surface area contributed by atoms with Crippen molar-refractivity contribution >= 4 is 0 Å². The Kier molecular flexibility index (Phi) is 5.49. The van der Waals surface area contributed by atoms with E-state index in [1.165, 1.54) is 16.7 Å². The third kappa shape index (κ3) is 4.03. The van der Waals surface area contributed by atoms with Gasteiger partial charge in [0.15, 0.2) is 34.5 Å². The highest BCUT2D eigenvalue weighted by Gasteiger charge is 2.36. The first-order chi connectivity index (χ1) is 19.9. The van der Waals surface area contributed by atoms with E-state index in [4.69, 9.17) is 14.2 Å². The van der Waals surface area contributed by atoms with Crippen LogP contribution in [0, 0.1) is 0 Å². The molecule has 5 aliphatic heterocycles. The fraction of sp³-hybridized carbons (Fsp3) is 0.294. The second kappa shape index (κ2) is 9.16. The van der Waals surface area contributed by atoms with Crippen LogP contribution in [0.2, 0.25) is 0 Å². The minimum absolute atomic E-state index is 0.0229. The molecule has 7 heteroatoms. The number of aromatic hydroxyl groups is 2. The maximum Gasteiger partial charge on any atom is 0.212 e. The van der Waals surface area contributed by atoms with Crippen LogP contribution in [0.3, 0.4) is 0 Å². The van der Waals surface area contributed by atoms with E-state index in [2.05, 4.69) is 48.2 Å². The standard InChI is InChI=1S/C34H32N2O5/c1-35-11-9-21-17-30-31-18-24(21)25(35)13-19-3-6-23(7-4-19)39-29-15-20(5-8-27(29)37)14-26-32-22(10-12-36(26)2)16-28(38)33(40-30)34(32)41-31/h3-8,15-18,25-26,37-38H,9-14H2,1-2H3. The van der Waals surface area contributed by atoms with Gasteiger partial charge in [0.2, 0.25) is 5.75 Å². The first kappa shape index (κ1) is 24.6. The van der Waals surface area contributed by atoms with Crippen molar-refractivity contribution in [3.8, 4) is 46.0 Å². The van der Waals surface area contributed by atoms with Crippen molar-refractivity contribution in [1.29, 1.82) is 0 Å². The van der Waals surface area contributed by atoms with Crippen LogP contribution in [0.1, 0.15) is 45.5 Å². The predicted molar refractivity (Wildman–Crippen MR) is 155 cm³/mol. The van der Waals surface area contributed by atoms with Gasteiger partial charge >= 0.3 is 0 Å². The Balaban J connectivity index is 1.33. The Labute approximate surface area is 239 Å². The highest BCUT2D eigenvalue weighted by Crippen LogP contribution is 2.56. The molecule has 0 spiro atoms. The fourth-order valence-corrected chi connectivity index (χ4v) is 6.91. The van der Waals surface area contributed by atoms with Crippen LogP contribution < -0.4 is 14.2 Å². The van der Waals surface area contributed by atoms with Crippen LogP contribution in [0.15, 0.2) is 60.7 Å². The molecule has 0 saturated heterocycles. The molecule has 41 heavy (non-hydrogen) atoms. The first-order valence-electron chi connectivity index (χ1n) is 14.3. The van der Waals surface area contributed by atoms with E-state index in [9.17, 15) is 10.2 Å². The molecule has 0 radical (unpaired) electrons. The number of phenols is 2. The second-order valence-corrected chi connectivity index (χ2v) is 11.8. The summed E-state index contributed by atoms with van der Waals surface area (Å²) in [7, 11) is 4.29. The zero-order chi connectivity index (χ0) is 27.8. The maximum absolute atomic E-state index is 11.1. The number of likely N-dealkylation sites (N-methyl/N-ethyl adjacent to an activating group) is 2. The number of hydrogen-bond acceptors (Lipinski definition) is 7. The summed E-state index contributed by atoms with van der Waals surface area (Å²) in [6.07, 6.45) is 3.23. The van der Waals surface area contributed by atoms with Gasteiger partial charge in [0, 0.05) is 30.7 Å². The molecule has 7 nitrogen and oxygen atoms in total. The largest absolute Gasteiger partial charge is 0.504 e. The van der Waals surface area contributed by atoms with Crippen LogP contribution >= 0.6 is 0 Å². The van der Waals surface area contributed by atoms with Gasteiger partial charge in [0.1, 0.15) is 5.75 Å². The number of nitrogens with zero attached hydrogens (tertiary/aromatic N) is 2. The van der Waals surface area contributed by atoms with Gasteiger partial charge in [-0.15, -0.1) is 0 Å². The summed E-state index contributed by atoms with van der Waals surface area (Å²) in [5.41, 5.74) is 6.82. The molecule has 0 saturated carbocycles. The molecule has 0 fully saturated rings. The monoisotopic (exact) mass is 548 g/mol. The van der Waals surface area contributed by atoms with Gasteiger partial charge in [-0.2, -0.15) is 0 Å². The second-order valence-electron chi connectivity index (χ2n) is 11.8. The Morgan fingerprint density at radius 1 is 0.634 bits per heavy atom. The summed E-state index contributed by atoms with van der Waals surface area (Å²) < 4.78 is 19.3.